The minimum Gasteiger partial charge on any atom is -0.479 e. The molecule has 6 nitrogen and oxygen atoms in total. The molecule has 0 spiro atoms. The molecule has 0 amide bonds. The van der Waals surface area contributed by atoms with Crippen LogP contribution in [0.15, 0.2) is 66.7 Å². The van der Waals surface area contributed by atoms with Crippen molar-refractivity contribution in [3.8, 4) is 17.2 Å². The smallest absolute Gasteiger partial charge is 0.479 e. The second kappa shape index (κ2) is 10.2. The van der Waals surface area contributed by atoms with Crippen molar-refractivity contribution in [2.24, 2.45) is 0 Å². The van der Waals surface area contributed by atoms with Gasteiger partial charge in [0.05, 0.1) is 11.1 Å². The van der Waals surface area contributed by atoms with E-state index in [0.717, 1.165) is 6.07 Å². The van der Waals surface area contributed by atoms with E-state index in [-0.39, 0.29) is 18.0 Å². The fourth-order valence-corrected chi connectivity index (χ4v) is 4.25. The first kappa shape index (κ1) is 26.1. The number of hydrogen-bond acceptors (Lipinski definition) is 4. The van der Waals surface area contributed by atoms with Crippen LogP contribution in [0.3, 0.4) is 0 Å². The summed E-state index contributed by atoms with van der Waals surface area (Å²) in [6.45, 7) is 3.34. The lowest BCUT2D eigenvalue weighted by atomic mass is 10.0. The number of aromatic nitrogens is 1. The van der Waals surface area contributed by atoms with Gasteiger partial charge in [-0.1, -0.05) is 24.6 Å². The van der Waals surface area contributed by atoms with E-state index >= 15 is 0 Å². The van der Waals surface area contributed by atoms with Crippen LogP contribution in [0.4, 0.5) is 13.2 Å². The summed E-state index contributed by atoms with van der Waals surface area (Å²) in [5, 5.41) is 10.2. The third-order valence-corrected chi connectivity index (χ3v) is 6.00. The number of aliphatic carboxylic acids is 1. The van der Waals surface area contributed by atoms with Gasteiger partial charge < -0.3 is 19.1 Å². The van der Waals surface area contributed by atoms with E-state index in [9.17, 15) is 27.9 Å². The van der Waals surface area contributed by atoms with Crippen LogP contribution in [-0.2, 0) is 4.79 Å². The molecule has 0 bridgehead atoms. The summed E-state index contributed by atoms with van der Waals surface area (Å²) < 4.78 is 50.2. The average molecular weight is 532 g/mol. The zero-order valence-electron chi connectivity index (χ0n) is 19.7. The minimum absolute atomic E-state index is 0.225. The Bertz CT molecular complexity index is 1480. The first-order valence-corrected chi connectivity index (χ1v) is 11.6. The van der Waals surface area contributed by atoms with Crippen LogP contribution >= 0.6 is 11.6 Å². The van der Waals surface area contributed by atoms with E-state index in [2.05, 4.69) is 4.74 Å². The molecular weight excluding hydrogens is 511 g/mol. The van der Waals surface area contributed by atoms with Gasteiger partial charge >= 0.3 is 12.3 Å². The molecule has 1 aromatic heterocycles. The van der Waals surface area contributed by atoms with Crippen molar-refractivity contribution in [3.05, 3.63) is 88.6 Å². The number of ether oxygens (including phenoxy) is 2. The topological polar surface area (TPSA) is 77.8 Å². The minimum atomic E-state index is -4.90. The summed E-state index contributed by atoms with van der Waals surface area (Å²) in [4.78, 5) is 24.9. The number of alkyl halides is 3. The SMILES string of the molecule is CC[C@H](Oc1cccc(-n2c(C)c(C(=O)c3ccc(Cl)cc3)c3ccc(OC(F)(F)F)cc32)c1)C(=O)O. The lowest BCUT2D eigenvalue weighted by molar-refractivity contribution is -0.274. The Morgan fingerprint density at radius 3 is 2.35 bits per heavy atom. The number of carbonyl (C=O) groups excluding carboxylic acids is 1. The molecule has 192 valence electrons. The molecule has 4 rings (SSSR count). The van der Waals surface area contributed by atoms with Crippen LogP contribution in [0.25, 0.3) is 16.6 Å². The fourth-order valence-electron chi connectivity index (χ4n) is 4.13. The maximum atomic E-state index is 13.5. The van der Waals surface area contributed by atoms with Crippen LogP contribution in [0.2, 0.25) is 5.02 Å². The van der Waals surface area contributed by atoms with Gasteiger partial charge in [0.15, 0.2) is 11.9 Å². The molecule has 4 aromatic rings. The summed E-state index contributed by atoms with van der Waals surface area (Å²) in [6.07, 6.45) is -5.75. The summed E-state index contributed by atoms with van der Waals surface area (Å²) in [5.41, 5.74) is 1.85. The van der Waals surface area contributed by atoms with Crippen LogP contribution in [-0.4, -0.2) is 33.9 Å². The number of carboxylic acid groups (broad SMARTS) is 1. The van der Waals surface area contributed by atoms with E-state index in [1.807, 2.05) is 0 Å². The molecular formula is C27H21ClF3NO5. The maximum Gasteiger partial charge on any atom is 0.573 e. The molecule has 37 heavy (non-hydrogen) atoms. The lowest BCUT2D eigenvalue weighted by Crippen LogP contribution is -2.25. The number of rotatable bonds is 8. The molecule has 10 heteroatoms. The van der Waals surface area contributed by atoms with Gasteiger partial charge in [-0.05, 0) is 61.9 Å². The van der Waals surface area contributed by atoms with Crippen LogP contribution in [0.1, 0.15) is 35.0 Å². The Balaban J connectivity index is 1.91. The van der Waals surface area contributed by atoms with Gasteiger partial charge in [-0.15, -0.1) is 13.2 Å². The predicted molar refractivity (Wildman–Crippen MR) is 132 cm³/mol. The molecule has 0 saturated carbocycles. The fraction of sp³-hybridized carbons (Fsp3) is 0.185. The highest BCUT2D eigenvalue weighted by molar-refractivity contribution is 6.30. The standard InChI is InChI=1S/C27H21ClF3NO5/c1-3-23(26(34)35)36-19-6-4-5-18(13-19)32-15(2)24(25(33)16-7-9-17(28)10-8-16)21-12-11-20(14-22(21)32)37-27(29,30)31/h4-14,23H,3H2,1-2H3,(H,34,35)/t23-/m0/s1. The molecule has 0 aliphatic carbocycles. The largest absolute Gasteiger partial charge is 0.573 e. The highest BCUT2D eigenvalue weighted by Crippen LogP contribution is 2.35. The van der Waals surface area contributed by atoms with E-state index in [0.29, 0.717) is 38.4 Å². The van der Waals surface area contributed by atoms with E-state index in [4.69, 9.17) is 16.3 Å². The zero-order valence-corrected chi connectivity index (χ0v) is 20.4. The summed E-state index contributed by atoms with van der Waals surface area (Å²) in [5.74, 6) is -1.66. The van der Waals surface area contributed by atoms with Gasteiger partial charge in [-0.2, -0.15) is 0 Å². The molecule has 1 N–H and O–H groups in total. The van der Waals surface area contributed by atoms with Crippen molar-refractivity contribution in [3.63, 3.8) is 0 Å². The Labute approximate surface area is 214 Å². The molecule has 0 aliphatic rings. The Hall–Kier alpha value is -3.98. The van der Waals surface area contributed by atoms with E-state index in [1.165, 1.54) is 12.1 Å². The third kappa shape index (κ3) is 5.56. The highest BCUT2D eigenvalue weighted by atomic mass is 35.5. The van der Waals surface area contributed by atoms with E-state index < -0.39 is 24.2 Å². The first-order valence-electron chi connectivity index (χ1n) is 11.2. The number of carbonyl (C=O) groups is 2. The van der Waals surface area contributed by atoms with Crippen LogP contribution in [0.5, 0.6) is 11.5 Å². The van der Waals surface area contributed by atoms with E-state index in [1.54, 1.807) is 66.9 Å². The van der Waals surface area contributed by atoms with Gasteiger partial charge in [-0.3, -0.25) is 4.79 Å². The van der Waals surface area contributed by atoms with Crippen molar-refractivity contribution >= 4 is 34.3 Å². The Morgan fingerprint density at radius 2 is 1.73 bits per heavy atom. The molecule has 1 heterocycles. The zero-order chi connectivity index (χ0) is 26.9. The molecule has 0 unspecified atom stereocenters. The molecule has 3 aromatic carbocycles. The number of hydrogen-bond donors (Lipinski definition) is 1. The van der Waals surface area contributed by atoms with Crippen molar-refractivity contribution in [2.75, 3.05) is 0 Å². The second-order valence-corrected chi connectivity index (χ2v) is 8.65. The summed E-state index contributed by atoms with van der Waals surface area (Å²) >= 11 is 5.95. The summed E-state index contributed by atoms with van der Waals surface area (Å²) in [6, 6.07) is 16.5. The highest BCUT2D eigenvalue weighted by Gasteiger charge is 2.32. The summed E-state index contributed by atoms with van der Waals surface area (Å²) in [7, 11) is 0. The number of carboxylic acids is 1. The predicted octanol–water partition coefficient (Wildman–Crippen LogP) is 6.96. The van der Waals surface area contributed by atoms with Gasteiger partial charge in [0.25, 0.3) is 0 Å². The van der Waals surface area contributed by atoms with Gasteiger partial charge in [0.2, 0.25) is 0 Å². The van der Waals surface area contributed by atoms with Crippen LogP contribution in [0, 0.1) is 6.92 Å². The average Bonchev–Trinajstić information content (AvgIpc) is 3.12. The number of nitrogens with zero attached hydrogens (tertiary/aromatic N) is 1. The number of fused-ring (bicyclic) bond motifs is 1. The maximum absolute atomic E-state index is 13.5. The molecule has 1 atom stereocenters. The van der Waals surface area contributed by atoms with Crippen LogP contribution < -0.4 is 9.47 Å². The molecule has 0 radical (unpaired) electrons. The Kier molecular flexibility index (Phi) is 7.18. The van der Waals surface area contributed by atoms with Gasteiger partial charge in [-0.25, -0.2) is 4.79 Å². The monoisotopic (exact) mass is 531 g/mol. The van der Waals surface area contributed by atoms with Crippen molar-refractivity contribution < 1.29 is 37.3 Å². The van der Waals surface area contributed by atoms with Gasteiger partial charge in [0.1, 0.15) is 11.5 Å². The van der Waals surface area contributed by atoms with Crippen molar-refractivity contribution in [1.82, 2.24) is 4.57 Å². The third-order valence-electron chi connectivity index (χ3n) is 5.74. The number of benzene rings is 3. The number of halogens is 4. The first-order chi connectivity index (χ1) is 17.5. The molecule has 0 fully saturated rings. The molecule has 0 saturated heterocycles. The van der Waals surface area contributed by atoms with Gasteiger partial charge in [0, 0.05) is 39.5 Å². The normalized spacial score (nSPS) is 12.4. The van der Waals surface area contributed by atoms with Crippen molar-refractivity contribution in [1.29, 1.82) is 0 Å². The number of ketones is 1. The second-order valence-electron chi connectivity index (χ2n) is 8.21. The molecule has 0 aliphatic heterocycles. The quantitative estimate of drug-likeness (QED) is 0.249. The lowest BCUT2D eigenvalue weighted by Gasteiger charge is -2.15. The Morgan fingerprint density at radius 1 is 1.03 bits per heavy atom. The van der Waals surface area contributed by atoms with Crippen molar-refractivity contribution in [2.45, 2.75) is 32.7 Å².